The number of rotatable bonds is 3. The van der Waals surface area contributed by atoms with Crippen LogP contribution in [0.2, 0.25) is 0 Å². The normalized spacial score (nSPS) is 20.3. The number of benzene rings is 1. The van der Waals surface area contributed by atoms with E-state index in [0.29, 0.717) is 39.3 Å². The molecule has 0 N–H and O–H groups in total. The molecule has 1 aromatic rings. The Morgan fingerprint density at radius 2 is 2.00 bits per heavy atom. The first kappa shape index (κ1) is 16.0. The summed E-state index contributed by atoms with van der Waals surface area (Å²) in [7, 11) is 0. The second-order valence-corrected chi connectivity index (χ2v) is 5.44. The molecule has 0 bridgehead atoms. The molecule has 1 fully saturated rings. The summed E-state index contributed by atoms with van der Waals surface area (Å²) in [6, 6.07) is 6.16. The van der Waals surface area contributed by atoms with Gasteiger partial charge >= 0.3 is 6.09 Å². The number of carbonyl (C=O) groups is 1. The Balaban J connectivity index is 1.82. The van der Waals surface area contributed by atoms with E-state index in [1.807, 2.05) is 6.08 Å². The molecule has 1 aromatic carbocycles. The predicted octanol–water partition coefficient (Wildman–Crippen LogP) is 2.81. The van der Waals surface area contributed by atoms with Gasteiger partial charge in [0.1, 0.15) is 5.82 Å². The zero-order chi connectivity index (χ0) is 16.3. The average molecular weight is 321 g/mol. The van der Waals surface area contributed by atoms with Gasteiger partial charge in [-0.1, -0.05) is 18.2 Å². The van der Waals surface area contributed by atoms with Gasteiger partial charge in [0.15, 0.2) is 0 Å². The molecule has 0 atom stereocenters. The van der Waals surface area contributed by atoms with E-state index in [1.165, 1.54) is 12.1 Å². The molecule has 2 aliphatic heterocycles. The standard InChI is InChI=1S/C17H20FNO4/c1-2-21-16(20)19-9-7-14(8-10-19)17(22-11-12-23-17)13-3-5-15(18)6-4-13/h3-7H,2,8-12H2,1H3. The molecule has 5 nitrogen and oxygen atoms in total. The minimum Gasteiger partial charge on any atom is -0.450 e. The maximum absolute atomic E-state index is 13.2. The Labute approximate surface area is 134 Å². The number of amides is 1. The summed E-state index contributed by atoms with van der Waals surface area (Å²) in [5, 5.41) is 0. The molecule has 23 heavy (non-hydrogen) atoms. The van der Waals surface area contributed by atoms with Crippen LogP contribution in [0, 0.1) is 5.82 Å². The molecule has 1 amide bonds. The van der Waals surface area contributed by atoms with E-state index in [-0.39, 0.29) is 11.9 Å². The Morgan fingerprint density at radius 3 is 2.57 bits per heavy atom. The molecule has 0 aromatic heterocycles. The van der Waals surface area contributed by atoms with Crippen molar-refractivity contribution in [2.75, 3.05) is 32.9 Å². The van der Waals surface area contributed by atoms with Crippen molar-refractivity contribution in [2.45, 2.75) is 19.1 Å². The van der Waals surface area contributed by atoms with Crippen LogP contribution in [0.15, 0.2) is 35.9 Å². The van der Waals surface area contributed by atoms with Crippen LogP contribution < -0.4 is 0 Å². The fourth-order valence-electron chi connectivity index (χ4n) is 2.97. The van der Waals surface area contributed by atoms with E-state index in [9.17, 15) is 9.18 Å². The van der Waals surface area contributed by atoms with Crippen LogP contribution in [-0.4, -0.2) is 43.9 Å². The smallest absolute Gasteiger partial charge is 0.410 e. The number of hydrogen-bond acceptors (Lipinski definition) is 4. The number of ether oxygens (including phenoxy) is 3. The van der Waals surface area contributed by atoms with Gasteiger partial charge in [-0.05, 0) is 31.1 Å². The van der Waals surface area contributed by atoms with E-state index in [2.05, 4.69) is 0 Å². The lowest BCUT2D eigenvalue weighted by atomic mass is 9.92. The summed E-state index contributed by atoms with van der Waals surface area (Å²) in [6.07, 6.45) is 2.25. The number of hydrogen-bond donors (Lipinski definition) is 0. The van der Waals surface area contributed by atoms with Gasteiger partial charge in [-0.15, -0.1) is 0 Å². The Kier molecular flexibility index (Phi) is 4.63. The van der Waals surface area contributed by atoms with Gasteiger partial charge in [0.05, 0.1) is 19.8 Å². The van der Waals surface area contributed by atoms with Crippen LogP contribution in [-0.2, 0) is 20.0 Å². The summed E-state index contributed by atoms with van der Waals surface area (Å²) in [5.41, 5.74) is 1.73. The van der Waals surface area contributed by atoms with Crippen molar-refractivity contribution in [1.29, 1.82) is 0 Å². The number of carbonyl (C=O) groups excluding carboxylic acids is 1. The third-order valence-corrected chi connectivity index (χ3v) is 4.08. The molecule has 124 valence electrons. The van der Waals surface area contributed by atoms with Crippen molar-refractivity contribution in [3.63, 3.8) is 0 Å². The van der Waals surface area contributed by atoms with Gasteiger partial charge in [0, 0.05) is 18.7 Å². The van der Waals surface area contributed by atoms with E-state index in [1.54, 1.807) is 24.0 Å². The van der Waals surface area contributed by atoms with Gasteiger partial charge < -0.3 is 19.1 Å². The van der Waals surface area contributed by atoms with Gasteiger partial charge in [0.2, 0.25) is 5.79 Å². The Bertz CT molecular complexity index is 593. The summed E-state index contributed by atoms with van der Waals surface area (Å²) < 4.78 is 30.0. The summed E-state index contributed by atoms with van der Waals surface area (Å²) in [5.74, 6) is -1.26. The van der Waals surface area contributed by atoms with E-state index in [0.717, 1.165) is 11.1 Å². The first-order valence-corrected chi connectivity index (χ1v) is 7.81. The average Bonchev–Trinajstić information content (AvgIpc) is 3.07. The number of nitrogens with zero attached hydrogens (tertiary/aromatic N) is 1. The van der Waals surface area contributed by atoms with E-state index < -0.39 is 5.79 Å². The van der Waals surface area contributed by atoms with Crippen molar-refractivity contribution in [2.24, 2.45) is 0 Å². The SMILES string of the molecule is CCOC(=O)N1CC=C(C2(c3ccc(F)cc3)OCCO2)CC1. The van der Waals surface area contributed by atoms with Gasteiger partial charge in [-0.2, -0.15) is 0 Å². The second-order valence-electron chi connectivity index (χ2n) is 5.44. The summed E-state index contributed by atoms with van der Waals surface area (Å²) >= 11 is 0. The summed E-state index contributed by atoms with van der Waals surface area (Å²) in [4.78, 5) is 13.4. The lowest BCUT2D eigenvalue weighted by Gasteiger charge is -2.35. The molecule has 3 rings (SSSR count). The maximum Gasteiger partial charge on any atom is 0.410 e. The van der Waals surface area contributed by atoms with Gasteiger partial charge in [-0.3, -0.25) is 0 Å². The van der Waals surface area contributed by atoms with Gasteiger partial charge in [-0.25, -0.2) is 9.18 Å². The molecular weight excluding hydrogens is 301 g/mol. The summed E-state index contributed by atoms with van der Waals surface area (Å²) in [6.45, 7) is 4.10. The fourth-order valence-corrected chi connectivity index (χ4v) is 2.97. The minimum atomic E-state index is -0.964. The first-order valence-electron chi connectivity index (χ1n) is 7.81. The first-order chi connectivity index (χ1) is 11.2. The Hall–Kier alpha value is -1.92. The molecular formula is C17H20FNO4. The van der Waals surface area contributed by atoms with Crippen LogP contribution in [0.4, 0.5) is 9.18 Å². The molecule has 0 saturated carbocycles. The third-order valence-electron chi connectivity index (χ3n) is 4.08. The highest BCUT2D eigenvalue weighted by molar-refractivity contribution is 5.68. The molecule has 6 heteroatoms. The van der Waals surface area contributed by atoms with Crippen LogP contribution in [0.25, 0.3) is 0 Å². The molecule has 1 saturated heterocycles. The Morgan fingerprint density at radius 1 is 1.30 bits per heavy atom. The van der Waals surface area contributed by atoms with Crippen molar-refractivity contribution >= 4 is 6.09 Å². The number of halogens is 1. The quantitative estimate of drug-likeness (QED) is 0.803. The molecule has 0 aliphatic carbocycles. The topological polar surface area (TPSA) is 48.0 Å². The zero-order valence-electron chi connectivity index (χ0n) is 13.1. The largest absolute Gasteiger partial charge is 0.450 e. The van der Waals surface area contributed by atoms with E-state index in [4.69, 9.17) is 14.2 Å². The molecule has 2 heterocycles. The van der Waals surface area contributed by atoms with Crippen molar-refractivity contribution in [1.82, 2.24) is 4.90 Å². The minimum absolute atomic E-state index is 0.298. The van der Waals surface area contributed by atoms with Crippen molar-refractivity contribution in [3.8, 4) is 0 Å². The predicted molar refractivity (Wildman–Crippen MR) is 81.3 cm³/mol. The van der Waals surface area contributed by atoms with E-state index >= 15 is 0 Å². The van der Waals surface area contributed by atoms with Crippen molar-refractivity contribution in [3.05, 3.63) is 47.3 Å². The third kappa shape index (κ3) is 3.09. The van der Waals surface area contributed by atoms with Crippen LogP contribution in [0.3, 0.4) is 0 Å². The lowest BCUT2D eigenvalue weighted by molar-refractivity contribution is -0.136. The second kappa shape index (κ2) is 6.68. The van der Waals surface area contributed by atoms with Crippen LogP contribution in [0.1, 0.15) is 18.9 Å². The highest BCUT2D eigenvalue weighted by atomic mass is 19.1. The molecule has 2 aliphatic rings. The van der Waals surface area contributed by atoms with Crippen molar-refractivity contribution < 1.29 is 23.4 Å². The fraction of sp³-hybridized carbons (Fsp3) is 0.471. The maximum atomic E-state index is 13.2. The molecule has 0 unspecified atom stereocenters. The van der Waals surface area contributed by atoms with Crippen LogP contribution in [0.5, 0.6) is 0 Å². The van der Waals surface area contributed by atoms with Gasteiger partial charge in [0.25, 0.3) is 0 Å². The highest BCUT2D eigenvalue weighted by Gasteiger charge is 2.43. The lowest BCUT2D eigenvalue weighted by Crippen LogP contribution is -2.40. The molecule has 0 spiro atoms. The highest BCUT2D eigenvalue weighted by Crippen LogP contribution is 2.41. The monoisotopic (exact) mass is 321 g/mol. The molecule has 0 radical (unpaired) electrons. The zero-order valence-corrected chi connectivity index (χ0v) is 13.1. The van der Waals surface area contributed by atoms with Crippen LogP contribution >= 0.6 is 0 Å².